The lowest BCUT2D eigenvalue weighted by Crippen LogP contribution is -2.38. The average molecular weight is 321 g/mol. The molecule has 1 fully saturated rings. The van der Waals surface area contributed by atoms with Gasteiger partial charge in [0.15, 0.2) is 0 Å². The highest BCUT2D eigenvalue weighted by Gasteiger charge is 2.25. The van der Waals surface area contributed by atoms with Crippen LogP contribution >= 0.6 is 0 Å². The van der Waals surface area contributed by atoms with Crippen molar-refractivity contribution in [1.82, 2.24) is 19.9 Å². The Bertz CT molecular complexity index is 853. The van der Waals surface area contributed by atoms with Crippen molar-refractivity contribution in [2.45, 2.75) is 12.6 Å². The van der Waals surface area contributed by atoms with Crippen LogP contribution in [0.25, 0.3) is 10.9 Å². The SMILES string of the molecule is Nc1nccnc1C1CN(Cc2ccc3ccccc3n2)CCO1. The summed E-state index contributed by atoms with van der Waals surface area (Å²) in [4.78, 5) is 15.5. The molecule has 0 spiro atoms. The van der Waals surface area contributed by atoms with Gasteiger partial charge in [-0.05, 0) is 12.1 Å². The van der Waals surface area contributed by atoms with E-state index in [0.717, 1.165) is 36.2 Å². The third-order valence-electron chi connectivity index (χ3n) is 4.25. The average Bonchev–Trinajstić information content (AvgIpc) is 2.62. The largest absolute Gasteiger partial charge is 0.382 e. The Morgan fingerprint density at radius 1 is 1.12 bits per heavy atom. The van der Waals surface area contributed by atoms with Crippen LogP contribution in [0.4, 0.5) is 5.82 Å². The number of nitrogens with two attached hydrogens (primary N) is 1. The number of anilines is 1. The number of ether oxygens (including phenoxy) is 1. The number of aromatic nitrogens is 3. The number of morpholine rings is 1. The predicted molar refractivity (Wildman–Crippen MR) is 92.2 cm³/mol. The first-order chi connectivity index (χ1) is 11.8. The summed E-state index contributed by atoms with van der Waals surface area (Å²) in [5.74, 6) is 0.438. The van der Waals surface area contributed by atoms with Gasteiger partial charge in [0.2, 0.25) is 0 Å². The number of rotatable bonds is 3. The molecule has 1 aliphatic rings. The Kier molecular flexibility index (Phi) is 4.06. The number of nitrogen functional groups attached to an aromatic ring is 1. The van der Waals surface area contributed by atoms with E-state index in [1.807, 2.05) is 18.2 Å². The summed E-state index contributed by atoms with van der Waals surface area (Å²) in [7, 11) is 0. The molecule has 0 radical (unpaired) electrons. The minimum Gasteiger partial charge on any atom is -0.382 e. The molecular weight excluding hydrogens is 302 g/mol. The van der Waals surface area contributed by atoms with Crippen molar-refractivity contribution < 1.29 is 4.74 Å². The molecule has 0 saturated carbocycles. The molecule has 2 N–H and O–H groups in total. The first-order valence-corrected chi connectivity index (χ1v) is 8.04. The summed E-state index contributed by atoms with van der Waals surface area (Å²) in [5.41, 5.74) is 8.73. The van der Waals surface area contributed by atoms with Crippen molar-refractivity contribution in [3.63, 3.8) is 0 Å². The van der Waals surface area contributed by atoms with Crippen molar-refractivity contribution >= 4 is 16.7 Å². The molecule has 3 heterocycles. The summed E-state index contributed by atoms with van der Waals surface area (Å²) in [5, 5.41) is 1.16. The van der Waals surface area contributed by atoms with Gasteiger partial charge in [0.05, 0.1) is 17.8 Å². The van der Waals surface area contributed by atoms with Gasteiger partial charge in [0.1, 0.15) is 17.6 Å². The van der Waals surface area contributed by atoms with E-state index in [0.29, 0.717) is 18.1 Å². The molecule has 4 rings (SSSR count). The third kappa shape index (κ3) is 3.06. The first-order valence-electron chi connectivity index (χ1n) is 8.04. The summed E-state index contributed by atoms with van der Waals surface area (Å²) in [6.45, 7) is 3.03. The van der Waals surface area contributed by atoms with Gasteiger partial charge >= 0.3 is 0 Å². The second kappa shape index (κ2) is 6.51. The number of nitrogens with zero attached hydrogens (tertiary/aromatic N) is 4. The second-order valence-corrected chi connectivity index (χ2v) is 5.92. The van der Waals surface area contributed by atoms with Crippen LogP contribution in [0.3, 0.4) is 0 Å². The zero-order valence-corrected chi connectivity index (χ0v) is 13.3. The number of para-hydroxylation sites is 1. The summed E-state index contributed by atoms with van der Waals surface area (Å²) in [6.07, 6.45) is 3.10. The van der Waals surface area contributed by atoms with Crippen LogP contribution in [0.1, 0.15) is 17.5 Å². The van der Waals surface area contributed by atoms with Crippen molar-refractivity contribution in [3.05, 3.63) is 60.2 Å². The van der Waals surface area contributed by atoms with E-state index in [9.17, 15) is 0 Å². The monoisotopic (exact) mass is 321 g/mol. The molecule has 24 heavy (non-hydrogen) atoms. The summed E-state index contributed by atoms with van der Waals surface area (Å²) < 4.78 is 5.84. The third-order valence-corrected chi connectivity index (χ3v) is 4.25. The maximum Gasteiger partial charge on any atom is 0.147 e. The van der Waals surface area contributed by atoms with E-state index in [2.05, 4.69) is 33.1 Å². The number of pyridine rings is 1. The molecule has 1 aliphatic heterocycles. The van der Waals surface area contributed by atoms with Crippen molar-refractivity contribution in [3.8, 4) is 0 Å². The van der Waals surface area contributed by atoms with Gasteiger partial charge in [-0.15, -0.1) is 0 Å². The molecule has 0 aliphatic carbocycles. The zero-order valence-electron chi connectivity index (χ0n) is 13.3. The molecule has 1 aromatic carbocycles. The molecule has 1 saturated heterocycles. The smallest absolute Gasteiger partial charge is 0.147 e. The van der Waals surface area contributed by atoms with Gasteiger partial charge in [-0.1, -0.05) is 24.3 Å². The molecule has 0 amide bonds. The van der Waals surface area contributed by atoms with E-state index >= 15 is 0 Å². The maximum atomic E-state index is 5.93. The lowest BCUT2D eigenvalue weighted by molar-refractivity contribution is -0.0350. The van der Waals surface area contributed by atoms with Gasteiger partial charge in [-0.3, -0.25) is 14.9 Å². The molecule has 3 aromatic rings. The highest BCUT2D eigenvalue weighted by molar-refractivity contribution is 5.78. The fraction of sp³-hybridized carbons (Fsp3) is 0.278. The Hall–Kier alpha value is -2.57. The second-order valence-electron chi connectivity index (χ2n) is 5.92. The van der Waals surface area contributed by atoms with Crippen LogP contribution < -0.4 is 5.73 Å². The summed E-state index contributed by atoms with van der Waals surface area (Å²) >= 11 is 0. The van der Waals surface area contributed by atoms with E-state index in [4.69, 9.17) is 15.5 Å². The van der Waals surface area contributed by atoms with E-state index in [1.54, 1.807) is 12.4 Å². The summed E-state index contributed by atoms with van der Waals surface area (Å²) in [6, 6.07) is 12.4. The number of hydrogen-bond acceptors (Lipinski definition) is 6. The minimum atomic E-state index is -0.145. The quantitative estimate of drug-likeness (QED) is 0.797. The highest BCUT2D eigenvalue weighted by atomic mass is 16.5. The van der Waals surface area contributed by atoms with Crippen LogP contribution in [0, 0.1) is 0 Å². The molecule has 2 aromatic heterocycles. The van der Waals surface area contributed by atoms with Gasteiger partial charge in [0.25, 0.3) is 0 Å². The molecule has 1 unspecified atom stereocenters. The molecule has 0 bridgehead atoms. The van der Waals surface area contributed by atoms with Gasteiger partial charge in [0, 0.05) is 37.4 Å². The molecule has 6 nitrogen and oxygen atoms in total. The Labute approximate surface area is 140 Å². The van der Waals surface area contributed by atoms with Gasteiger partial charge in [-0.2, -0.15) is 0 Å². The fourth-order valence-corrected chi connectivity index (χ4v) is 3.04. The molecular formula is C18H19N5O. The van der Waals surface area contributed by atoms with Gasteiger partial charge < -0.3 is 10.5 Å². The van der Waals surface area contributed by atoms with E-state index in [1.165, 1.54) is 0 Å². The molecule has 6 heteroatoms. The Morgan fingerprint density at radius 3 is 2.92 bits per heavy atom. The van der Waals surface area contributed by atoms with Crippen molar-refractivity contribution in [2.24, 2.45) is 0 Å². The highest BCUT2D eigenvalue weighted by Crippen LogP contribution is 2.24. The number of fused-ring (bicyclic) bond motifs is 1. The van der Waals surface area contributed by atoms with Crippen LogP contribution in [-0.2, 0) is 11.3 Å². The first kappa shape index (κ1) is 15.0. The predicted octanol–water partition coefficient (Wildman–Crippen LogP) is 2.18. The fourth-order valence-electron chi connectivity index (χ4n) is 3.04. The Morgan fingerprint density at radius 2 is 2.00 bits per heavy atom. The van der Waals surface area contributed by atoms with Gasteiger partial charge in [-0.25, -0.2) is 4.98 Å². The maximum absolute atomic E-state index is 5.93. The van der Waals surface area contributed by atoms with E-state index in [-0.39, 0.29) is 6.10 Å². The van der Waals surface area contributed by atoms with Crippen molar-refractivity contribution in [2.75, 3.05) is 25.4 Å². The molecule has 122 valence electrons. The van der Waals surface area contributed by atoms with Crippen LogP contribution in [0.5, 0.6) is 0 Å². The normalized spacial score (nSPS) is 18.8. The Balaban J connectivity index is 1.50. The van der Waals surface area contributed by atoms with Crippen LogP contribution in [0.15, 0.2) is 48.8 Å². The zero-order chi connectivity index (χ0) is 16.4. The van der Waals surface area contributed by atoms with E-state index < -0.39 is 0 Å². The number of benzene rings is 1. The lowest BCUT2D eigenvalue weighted by atomic mass is 10.1. The van der Waals surface area contributed by atoms with Crippen molar-refractivity contribution in [1.29, 1.82) is 0 Å². The number of hydrogen-bond donors (Lipinski definition) is 1. The standard InChI is InChI=1S/C18H19N5O/c19-18-17(20-7-8-21-18)16-12-23(9-10-24-16)11-14-6-5-13-3-1-2-4-15(13)22-14/h1-8,16H,9-12H2,(H2,19,21). The van der Waals surface area contributed by atoms with Crippen LogP contribution in [-0.4, -0.2) is 39.5 Å². The minimum absolute atomic E-state index is 0.145. The van der Waals surface area contributed by atoms with Crippen LogP contribution in [0.2, 0.25) is 0 Å². The molecule has 1 atom stereocenters. The topological polar surface area (TPSA) is 77.2 Å². The lowest BCUT2D eigenvalue weighted by Gasteiger charge is -2.32.